The number of hydrogen-bond donors (Lipinski definition) is 1. The maximum atomic E-state index is 5.39. The zero-order chi connectivity index (χ0) is 11.4. The van der Waals surface area contributed by atoms with E-state index >= 15 is 0 Å². The highest BCUT2D eigenvalue weighted by Gasteiger charge is 2.16. The van der Waals surface area contributed by atoms with Gasteiger partial charge in [-0.1, -0.05) is 26.0 Å². The van der Waals surface area contributed by atoms with Crippen molar-refractivity contribution in [3.63, 3.8) is 0 Å². The molecule has 0 saturated carbocycles. The van der Waals surface area contributed by atoms with Crippen LogP contribution < -0.4 is 15.0 Å². The molecular formula is C12H17NO3. The number of benzene rings is 1. The minimum Gasteiger partial charge on any atom is -0.454 e. The molecule has 16 heavy (non-hydrogen) atoms. The smallest absolute Gasteiger partial charge is 0.231 e. The van der Waals surface area contributed by atoms with Crippen molar-refractivity contribution in [3.05, 3.63) is 23.8 Å². The number of hydrogen-bond acceptors (Lipinski definition) is 4. The topological polar surface area (TPSA) is 39.7 Å². The van der Waals surface area contributed by atoms with Crippen molar-refractivity contribution in [1.29, 1.82) is 0 Å². The summed E-state index contributed by atoms with van der Waals surface area (Å²) in [6.45, 7) is 5.85. The molecule has 0 fully saturated rings. The molecule has 1 N–H and O–H groups in total. The lowest BCUT2D eigenvalue weighted by atomic mass is 10.2. The molecular weight excluding hydrogens is 206 g/mol. The Labute approximate surface area is 95.5 Å². The van der Waals surface area contributed by atoms with E-state index in [2.05, 4.69) is 19.3 Å². The van der Waals surface area contributed by atoms with E-state index in [1.54, 1.807) is 0 Å². The van der Waals surface area contributed by atoms with Crippen molar-refractivity contribution >= 4 is 0 Å². The molecule has 0 spiro atoms. The fourth-order valence-electron chi connectivity index (χ4n) is 1.48. The van der Waals surface area contributed by atoms with E-state index in [0.717, 1.165) is 17.1 Å². The summed E-state index contributed by atoms with van der Waals surface area (Å²) in [5.74, 6) is 2.15. The Bertz CT molecular complexity index is 352. The molecule has 1 heterocycles. The molecule has 0 bridgehead atoms. The van der Waals surface area contributed by atoms with Crippen molar-refractivity contribution < 1.29 is 14.3 Å². The first kappa shape index (κ1) is 11.2. The normalized spacial score (nSPS) is 13.4. The van der Waals surface area contributed by atoms with Crippen molar-refractivity contribution in [2.75, 3.05) is 13.4 Å². The van der Waals surface area contributed by atoms with E-state index in [-0.39, 0.29) is 0 Å². The van der Waals surface area contributed by atoms with Crippen LogP contribution in [0.1, 0.15) is 19.4 Å². The van der Waals surface area contributed by atoms with Crippen LogP contribution in [0, 0.1) is 5.92 Å². The van der Waals surface area contributed by atoms with Gasteiger partial charge >= 0.3 is 0 Å². The highest BCUT2D eigenvalue weighted by molar-refractivity contribution is 5.47. The summed E-state index contributed by atoms with van der Waals surface area (Å²) in [4.78, 5) is 5.31. The van der Waals surface area contributed by atoms with Crippen LogP contribution in [0.25, 0.3) is 0 Å². The van der Waals surface area contributed by atoms with Gasteiger partial charge in [-0.05, 0) is 12.0 Å². The summed E-state index contributed by atoms with van der Waals surface area (Å²) in [7, 11) is 0. The minimum atomic E-state index is 0.305. The van der Waals surface area contributed by atoms with Crippen LogP contribution in [0.15, 0.2) is 18.2 Å². The lowest BCUT2D eigenvalue weighted by Crippen LogP contribution is -2.17. The molecule has 0 radical (unpaired) electrons. The number of ether oxygens (including phenoxy) is 2. The predicted molar refractivity (Wildman–Crippen MR) is 60.2 cm³/mol. The van der Waals surface area contributed by atoms with Crippen molar-refractivity contribution in [3.8, 4) is 11.5 Å². The highest BCUT2D eigenvalue weighted by atomic mass is 16.7. The summed E-state index contributed by atoms with van der Waals surface area (Å²) in [5, 5.41) is 0. The van der Waals surface area contributed by atoms with Crippen LogP contribution in [-0.4, -0.2) is 13.4 Å². The molecule has 1 aromatic rings. The first-order valence-electron chi connectivity index (χ1n) is 5.49. The number of para-hydroxylation sites is 1. The van der Waals surface area contributed by atoms with E-state index in [9.17, 15) is 0 Å². The molecule has 0 atom stereocenters. The van der Waals surface area contributed by atoms with Crippen molar-refractivity contribution in [2.45, 2.75) is 20.4 Å². The Hall–Kier alpha value is -1.26. The molecule has 1 aliphatic heterocycles. The Kier molecular flexibility index (Phi) is 3.64. The van der Waals surface area contributed by atoms with Crippen LogP contribution in [0.3, 0.4) is 0 Å². The van der Waals surface area contributed by atoms with Gasteiger partial charge < -0.3 is 14.3 Å². The molecule has 4 heteroatoms. The second kappa shape index (κ2) is 5.18. The number of rotatable bonds is 5. The number of fused-ring (bicyclic) bond motifs is 1. The van der Waals surface area contributed by atoms with E-state index in [1.807, 2.05) is 18.2 Å². The number of nitrogens with one attached hydrogen (secondary N) is 1. The van der Waals surface area contributed by atoms with E-state index in [1.165, 1.54) is 0 Å². The van der Waals surface area contributed by atoms with Crippen molar-refractivity contribution in [1.82, 2.24) is 5.48 Å². The number of hydroxylamine groups is 1. The molecule has 0 unspecified atom stereocenters. The third-order valence-corrected chi connectivity index (χ3v) is 2.26. The zero-order valence-electron chi connectivity index (χ0n) is 9.66. The molecule has 0 aromatic heterocycles. The Morgan fingerprint density at radius 3 is 3.06 bits per heavy atom. The molecule has 0 amide bonds. The lowest BCUT2D eigenvalue weighted by molar-refractivity contribution is 0.0192. The van der Waals surface area contributed by atoms with Gasteiger partial charge in [0.1, 0.15) is 0 Å². The standard InChI is InChI=1S/C12H17NO3/c1-9(2)7-16-13-6-10-4-3-5-11-12(10)15-8-14-11/h3-5,9,13H,6-8H2,1-2H3. The molecule has 2 rings (SSSR count). The van der Waals surface area contributed by atoms with E-state index in [0.29, 0.717) is 25.9 Å². The van der Waals surface area contributed by atoms with Gasteiger partial charge in [-0.2, -0.15) is 5.48 Å². The van der Waals surface area contributed by atoms with Gasteiger partial charge in [0.25, 0.3) is 0 Å². The molecule has 1 aromatic carbocycles. The van der Waals surface area contributed by atoms with Crippen LogP contribution in [0.4, 0.5) is 0 Å². The Balaban J connectivity index is 1.88. The first-order valence-corrected chi connectivity index (χ1v) is 5.49. The van der Waals surface area contributed by atoms with Gasteiger partial charge in [-0.25, -0.2) is 0 Å². The summed E-state index contributed by atoms with van der Waals surface area (Å²) >= 11 is 0. The fourth-order valence-corrected chi connectivity index (χ4v) is 1.48. The maximum Gasteiger partial charge on any atom is 0.231 e. The summed E-state index contributed by atoms with van der Waals surface area (Å²) in [6, 6.07) is 5.85. The lowest BCUT2D eigenvalue weighted by Gasteiger charge is -2.09. The van der Waals surface area contributed by atoms with Gasteiger partial charge in [0, 0.05) is 12.1 Å². The summed E-state index contributed by atoms with van der Waals surface area (Å²) in [6.07, 6.45) is 0. The monoisotopic (exact) mass is 223 g/mol. The SMILES string of the molecule is CC(C)CONCc1cccc2c1OCO2. The average Bonchev–Trinajstić information content (AvgIpc) is 2.72. The quantitative estimate of drug-likeness (QED) is 0.613. The first-order chi connectivity index (χ1) is 7.77. The molecule has 0 aliphatic carbocycles. The summed E-state index contributed by atoms with van der Waals surface area (Å²) < 4.78 is 10.7. The minimum absolute atomic E-state index is 0.305. The molecule has 0 saturated heterocycles. The highest BCUT2D eigenvalue weighted by Crippen LogP contribution is 2.35. The zero-order valence-corrected chi connectivity index (χ0v) is 9.66. The van der Waals surface area contributed by atoms with Crippen molar-refractivity contribution in [2.24, 2.45) is 5.92 Å². The van der Waals surface area contributed by atoms with E-state index < -0.39 is 0 Å². The fraction of sp³-hybridized carbons (Fsp3) is 0.500. The van der Waals surface area contributed by atoms with Crippen LogP contribution in [0.5, 0.6) is 11.5 Å². The third-order valence-electron chi connectivity index (χ3n) is 2.26. The second-order valence-corrected chi connectivity index (χ2v) is 4.18. The largest absolute Gasteiger partial charge is 0.454 e. The molecule has 88 valence electrons. The summed E-state index contributed by atoms with van der Waals surface area (Å²) in [5.41, 5.74) is 3.98. The van der Waals surface area contributed by atoms with Gasteiger partial charge in [-0.3, -0.25) is 0 Å². The average molecular weight is 223 g/mol. The van der Waals surface area contributed by atoms with Crippen LogP contribution in [0.2, 0.25) is 0 Å². The second-order valence-electron chi connectivity index (χ2n) is 4.18. The molecule has 4 nitrogen and oxygen atoms in total. The van der Waals surface area contributed by atoms with Crippen LogP contribution >= 0.6 is 0 Å². The van der Waals surface area contributed by atoms with Crippen LogP contribution in [-0.2, 0) is 11.4 Å². The van der Waals surface area contributed by atoms with Gasteiger partial charge in [0.15, 0.2) is 11.5 Å². The Morgan fingerprint density at radius 1 is 1.38 bits per heavy atom. The van der Waals surface area contributed by atoms with E-state index in [4.69, 9.17) is 14.3 Å². The predicted octanol–water partition coefficient (Wildman–Crippen LogP) is 2.09. The van der Waals surface area contributed by atoms with Gasteiger partial charge in [0.05, 0.1) is 6.61 Å². The maximum absolute atomic E-state index is 5.39. The molecule has 1 aliphatic rings. The Morgan fingerprint density at radius 2 is 2.25 bits per heavy atom. The van der Waals surface area contributed by atoms with Gasteiger partial charge in [-0.15, -0.1) is 0 Å². The van der Waals surface area contributed by atoms with Gasteiger partial charge in [0.2, 0.25) is 6.79 Å². The third kappa shape index (κ3) is 2.65.